The van der Waals surface area contributed by atoms with Gasteiger partial charge in [-0.05, 0) is 103 Å². The second kappa shape index (κ2) is 9.17. The molecule has 2 unspecified atom stereocenters. The highest BCUT2D eigenvalue weighted by Crippen LogP contribution is 2.54. The Morgan fingerprint density at radius 2 is 1.44 bits per heavy atom. The fourth-order valence-electron chi connectivity index (χ4n) is 6.74. The van der Waals surface area contributed by atoms with Gasteiger partial charge in [-0.3, -0.25) is 0 Å². The van der Waals surface area contributed by atoms with E-state index < -0.39 is 5.97 Å². The standard InChI is InChI=1S/C30H34N2O2/c1-20-14-22-15-21(2)18-30(17-20,19-22)23-10-12-24(13-11-23)31-25-6-5-7-26(16-25)32-28-9-4-3-8-27(28)29(33)34/h3-13,16,20-22,31-32H,14-15,17-19H2,1-2H3,(H,33,34). The summed E-state index contributed by atoms with van der Waals surface area (Å²) >= 11 is 0. The van der Waals surface area contributed by atoms with Gasteiger partial charge in [0.15, 0.2) is 0 Å². The highest BCUT2D eigenvalue weighted by molar-refractivity contribution is 5.95. The molecule has 0 spiro atoms. The van der Waals surface area contributed by atoms with Gasteiger partial charge in [-0.25, -0.2) is 4.79 Å². The molecule has 2 aliphatic rings. The molecule has 2 atom stereocenters. The summed E-state index contributed by atoms with van der Waals surface area (Å²) in [4.78, 5) is 11.5. The fourth-order valence-corrected chi connectivity index (χ4v) is 6.74. The molecule has 0 aliphatic heterocycles. The first-order valence-electron chi connectivity index (χ1n) is 12.5. The number of hydrogen-bond acceptors (Lipinski definition) is 3. The van der Waals surface area contributed by atoms with Crippen LogP contribution in [0.15, 0.2) is 72.8 Å². The molecular formula is C30H34N2O2. The average Bonchev–Trinajstić information content (AvgIpc) is 2.79. The maximum absolute atomic E-state index is 11.5. The topological polar surface area (TPSA) is 61.4 Å². The van der Waals surface area contributed by atoms with Crippen molar-refractivity contribution in [2.75, 3.05) is 10.6 Å². The van der Waals surface area contributed by atoms with Crippen molar-refractivity contribution in [2.45, 2.75) is 51.4 Å². The van der Waals surface area contributed by atoms with Crippen molar-refractivity contribution in [3.63, 3.8) is 0 Å². The number of aromatic carboxylic acids is 1. The highest BCUT2D eigenvalue weighted by atomic mass is 16.4. The number of carbonyl (C=O) groups is 1. The summed E-state index contributed by atoms with van der Waals surface area (Å²) in [6, 6.07) is 24.0. The van der Waals surface area contributed by atoms with E-state index in [0.29, 0.717) is 11.1 Å². The van der Waals surface area contributed by atoms with Crippen molar-refractivity contribution in [3.05, 3.63) is 83.9 Å². The second-order valence-electron chi connectivity index (χ2n) is 10.7. The predicted octanol–water partition coefficient (Wildman–Crippen LogP) is 7.98. The quantitative estimate of drug-likeness (QED) is 0.353. The molecule has 3 aromatic carbocycles. The largest absolute Gasteiger partial charge is 0.478 e. The molecule has 4 nitrogen and oxygen atoms in total. The van der Waals surface area contributed by atoms with Crippen molar-refractivity contribution < 1.29 is 9.90 Å². The van der Waals surface area contributed by atoms with Gasteiger partial charge in [-0.1, -0.05) is 44.2 Å². The van der Waals surface area contributed by atoms with Crippen molar-refractivity contribution >= 4 is 28.7 Å². The van der Waals surface area contributed by atoms with Gasteiger partial charge in [0, 0.05) is 17.1 Å². The van der Waals surface area contributed by atoms with Crippen molar-refractivity contribution in [3.8, 4) is 0 Å². The van der Waals surface area contributed by atoms with Gasteiger partial charge in [0.25, 0.3) is 0 Å². The summed E-state index contributed by atoms with van der Waals surface area (Å²) in [7, 11) is 0. The van der Waals surface area contributed by atoms with Crippen LogP contribution >= 0.6 is 0 Å². The normalized spacial score (nSPS) is 26.0. The zero-order chi connectivity index (χ0) is 23.7. The van der Waals surface area contributed by atoms with Gasteiger partial charge < -0.3 is 15.7 Å². The van der Waals surface area contributed by atoms with E-state index in [4.69, 9.17) is 0 Å². The van der Waals surface area contributed by atoms with E-state index in [9.17, 15) is 9.90 Å². The summed E-state index contributed by atoms with van der Waals surface area (Å²) < 4.78 is 0. The van der Waals surface area contributed by atoms with E-state index in [1.54, 1.807) is 18.2 Å². The first-order chi connectivity index (χ1) is 16.4. The lowest BCUT2D eigenvalue weighted by Gasteiger charge is -2.50. The number of nitrogens with one attached hydrogen (secondary N) is 2. The van der Waals surface area contributed by atoms with Crippen LogP contribution in [-0.2, 0) is 5.41 Å². The fraction of sp³-hybridized carbons (Fsp3) is 0.367. The number of benzene rings is 3. The number of rotatable bonds is 6. The molecule has 34 heavy (non-hydrogen) atoms. The number of hydrogen-bond donors (Lipinski definition) is 3. The third kappa shape index (κ3) is 4.68. The summed E-state index contributed by atoms with van der Waals surface area (Å²) in [6.07, 6.45) is 6.76. The van der Waals surface area contributed by atoms with E-state index in [2.05, 4.69) is 48.7 Å². The third-order valence-corrected chi connectivity index (χ3v) is 7.71. The van der Waals surface area contributed by atoms with E-state index in [-0.39, 0.29) is 5.56 Å². The second-order valence-corrected chi connectivity index (χ2v) is 10.7. The van der Waals surface area contributed by atoms with Gasteiger partial charge in [0.1, 0.15) is 0 Å². The lowest BCUT2D eigenvalue weighted by Crippen LogP contribution is -2.42. The Hall–Kier alpha value is -3.27. The number of anilines is 4. The molecule has 0 aromatic heterocycles. The van der Waals surface area contributed by atoms with Crippen LogP contribution in [0.3, 0.4) is 0 Å². The van der Waals surface area contributed by atoms with Crippen molar-refractivity contribution in [1.29, 1.82) is 0 Å². The maximum Gasteiger partial charge on any atom is 0.337 e. The first-order valence-corrected chi connectivity index (χ1v) is 12.5. The smallest absolute Gasteiger partial charge is 0.337 e. The third-order valence-electron chi connectivity index (χ3n) is 7.71. The van der Waals surface area contributed by atoms with E-state index in [1.165, 1.54) is 37.7 Å². The van der Waals surface area contributed by atoms with Crippen LogP contribution in [0.4, 0.5) is 22.7 Å². The van der Waals surface area contributed by atoms with Gasteiger partial charge in [0.2, 0.25) is 0 Å². The molecule has 5 rings (SSSR count). The molecule has 0 heterocycles. The van der Waals surface area contributed by atoms with Gasteiger partial charge in [-0.15, -0.1) is 0 Å². The molecule has 4 heteroatoms. The summed E-state index contributed by atoms with van der Waals surface area (Å²) in [6.45, 7) is 4.87. The molecular weight excluding hydrogens is 420 g/mol. The maximum atomic E-state index is 11.5. The molecule has 3 aromatic rings. The summed E-state index contributed by atoms with van der Waals surface area (Å²) in [5.74, 6) is 1.56. The van der Waals surface area contributed by atoms with Crippen LogP contribution in [0.2, 0.25) is 0 Å². The summed E-state index contributed by atoms with van der Waals surface area (Å²) in [5, 5.41) is 16.2. The lowest BCUT2D eigenvalue weighted by molar-refractivity contribution is 0.0698. The predicted molar refractivity (Wildman–Crippen MR) is 139 cm³/mol. The van der Waals surface area contributed by atoms with Crippen molar-refractivity contribution in [1.82, 2.24) is 0 Å². The number of para-hydroxylation sites is 1. The number of carboxylic acid groups (broad SMARTS) is 1. The molecule has 2 fully saturated rings. The Balaban J connectivity index is 1.32. The van der Waals surface area contributed by atoms with Crippen LogP contribution in [0.25, 0.3) is 0 Å². The first kappa shape index (κ1) is 22.5. The molecule has 2 aliphatic carbocycles. The molecule has 0 saturated heterocycles. The van der Waals surface area contributed by atoms with Crippen LogP contribution in [0.5, 0.6) is 0 Å². The molecule has 2 bridgehead atoms. The van der Waals surface area contributed by atoms with Crippen molar-refractivity contribution in [2.24, 2.45) is 17.8 Å². The highest BCUT2D eigenvalue weighted by Gasteiger charge is 2.45. The van der Waals surface area contributed by atoms with Crippen LogP contribution in [0.1, 0.15) is 61.9 Å². The molecule has 3 N–H and O–H groups in total. The minimum atomic E-state index is -0.942. The Bertz CT molecular complexity index is 1150. The summed E-state index contributed by atoms with van der Waals surface area (Å²) in [5.41, 5.74) is 5.55. The molecule has 2 saturated carbocycles. The van der Waals surface area contributed by atoms with Crippen LogP contribution in [-0.4, -0.2) is 11.1 Å². The Labute approximate surface area is 202 Å². The van der Waals surface area contributed by atoms with E-state index in [1.807, 2.05) is 30.3 Å². The van der Waals surface area contributed by atoms with Gasteiger partial charge in [-0.2, -0.15) is 0 Å². The Morgan fingerprint density at radius 3 is 2.12 bits per heavy atom. The van der Waals surface area contributed by atoms with Crippen LogP contribution < -0.4 is 10.6 Å². The SMILES string of the molecule is CC1CC2CC(C)CC(c3ccc(Nc4cccc(Nc5ccccc5C(=O)O)c4)cc3)(C1)C2. The molecule has 0 radical (unpaired) electrons. The zero-order valence-corrected chi connectivity index (χ0v) is 20.1. The minimum Gasteiger partial charge on any atom is -0.478 e. The number of carboxylic acids is 1. The zero-order valence-electron chi connectivity index (χ0n) is 20.1. The Kier molecular flexibility index (Phi) is 6.07. The van der Waals surface area contributed by atoms with E-state index >= 15 is 0 Å². The average molecular weight is 455 g/mol. The molecule has 176 valence electrons. The minimum absolute atomic E-state index is 0.257. The monoisotopic (exact) mass is 454 g/mol. The Morgan fingerprint density at radius 1 is 0.794 bits per heavy atom. The van der Waals surface area contributed by atoms with Crippen LogP contribution in [0, 0.1) is 17.8 Å². The number of fused-ring (bicyclic) bond motifs is 2. The van der Waals surface area contributed by atoms with E-state index in [0.717, 1.165) is 34.8 Å². The van der Waals surface area contributed by atoms with Gasteiger partial charge in [0.05, 0.1) is 11.3 Å². The van der Waals surface area contributed by atoms with Gasteiger partial charge >= 0.3 is 5.97 Å². The lowest BCUT2D eigenvalue weighted by atomic mass is 9.54. The molecule has 0 amide bonds.